The number of rotatable bonds is 5. The Hall–Kier alpha value is -0.550. The van der Waals surface area contributed by atoms with Crippen molar-refractivity contribution in [2.45, 2.75) is 25.6 Å². The molecule has 92 valence electrons. The normalized spacial score (nSPS) is 15.2. The van der Waals surface area contributed by atoms with Gasteiger partial charge < -0.3 is 9.47 Å². The molecule has 0 spiro atoms. The number of carbonyl (C=O) groups excluding carboxylic acids is 2. The van der Waals surface area contributed by atoms with Crippen LogP contribution in [0.25, 0.3) is 0 Å². The summed E-state index contributed by atoms with van der Waals surface area (Å²) in [5.74, 6) is -1.18. The molecule has 0 N–H and O–H groups in total. The number of esters is 2. The van der Waals surface area contributed by atoms with Crippen molar-refractivity contribution in [3.05, 3.63) is 10.6 Å². The lowest BCUT2D eigenvalue weighted by molar-refractivity contribution is -0.144. The van der Waals surface area contributed by atoms with Crippen molar-refractivity contribution in [1.82, 2.24) is 0 Å². The van der Waals surface area contributed by atoms with E-state index in [-0.39, 0.29) is 17.7 Å². The topological polar surface area (TPSA) is 52.6 Å². The highest BCUT2D eigenvalue weighted by atomic mass is 79.9. The van der Waals surface area contributed by atoms with E-state index in [0.29, 0.717) is 0 Å². The molecule has 0 bridgehead atoms. The quantitative estimate of drug-likeness (QED) is 0.444. The molecule has 0 heterocycles. The average molecular weight is 314 g/mol. The number of carbonyl (C=O) groups is 2. The van der Waals surface area contributed by atoms with Gasteiger partial charge in [-0.3, -0.25) is 0 Å². The van der Waals surface area contributed by atoms with E-state index in [4.69, 9.17) is 21.1 Å². The first-order chi connectivity index (χ1) is 7.35. The lowest BCUT2D eigenvalue weighted by Crippen LogP contribution is -2.29. The van der Waals surface area contributed by atoms with Crippen LogP contribution in [0, 0.1) is 0 Å². The molecule has 0 aliphatic heterocycles. The Morgan fingerprint density at radius 2 is 1.81 bits per heavy atom. The van der Waals surface area contributed by atoms with Crippen LogP contribution in [0.2, 0.25) is 0 Å². The number of ether oxygens (including phenoxy) is 2. The maximum absolute atomic E-state index is 11.4. The van der Waals surface area contributed by atoms with Gasteiger partial charge in [0.15, 0.2) is 4.87 Å². The molecule has 0 aromatic carbocycles. The first-order valence-corrected chi connectivity index (χ1v) is 5.93. The summed E-state index contributed by atoms with van der Waals surface area (Å²) in [5.41, 5.74) is 0. The fourth-order valence-corrected chi connectivity index (χ4v) is 1.70. The van der Waals surface area contributed by atoms with Crippen LogP contribution < -0.4 is 0 Å². The summed E-state index contributed by atoms with van der Waals surface area (Å²) in [6.07, 6.45) is 1.25. The van der Waals surface area contributed by atoms with Crippen LogP contribution in [-0.4, -0.2) is 30.0 Å². The average Bonchev–Trinajstić information content (AvgIpc) is 2.17. The minimum absolute atomic E-state index is 0.0971. The number of hydrogen-bond donors (Lipinski definition) is 0. The molecule has 0 saturated heterocycles. The van der Waals surface area contributed by atoms with Crippen molar-refractivity contribution in [3.8, 4) is 0 Å². The van der Waals surface area contributed by atoms with Crippen LogP contribution in [0.3, 0.4) is 0 Å². The zero-order chi connectivity index (χ0) is 12.8. The largest absolute Gasteiger partial charge is 0.464 e. The van der Waals surface area contributed by atoms with Gasteiger partial charge in [-0.05, 0) is 42.8 Å². The third-order valence-electron chi connectivity index (χ3n) is 1.54. The molecule has 0 saturated carbocycles. The van der Waals surface area contributed by atoms with E-state index >= 15 is 0 Å². The Labute approximate surface area is 108 Å². The molecule has 0 aliphatic carbocycles. The van der Waals surface area contributed by atoms with E-state index in [2.05, 4.69) is 15.9 Å². The maximum atomic E-state index is 11.4. The molecule has 16 heavy (non-hydrogen) atoms. The van der Waals surface area contributed by atoms with Crippen LogP contribution in [-0.2, 0) is 19.1 Å². The fraction of sp³-hybridized carbons (Fsp3) is 0.600. The van der Waals surface area contributed by atoms with Gasteiger partial charge in [0.05, 0.1) is 13.2 Å². The fourth-order valence-electron chi connectivity index (χ4n) is 0.828. The zero-order valence-electron chi connectivity index (χ0n) is 9.38. The summed E-state index contributed by atoms with van der Waals surface area (Å²) in [6.45, 7) is 5.28. The summed E-state index contributed by atoms with van der Waals surface area (Å²) in [7, 11) is 0. The second kappa shape index (κ2) is 6.91. The van der Waals surface area contributed by atoms with Gasteiger partial charge in [0.1, 0.15) is 4.48 Å². The molecule has 0 radical (unpaired) electrons. The lowest BCUT2D eigenvalue weighted by Gasteiger charge is -2.15. The number of halogens is 2. The van der Waals surface area contributed by atoms with Crippen LogP contribution in [0.5, 0.6) is 0 Å². The minimum Gasteiger partial charge on any atom is -0.464 e. The maximum Gasteiger partial charge on any atom is 0.344 e. The highest BCUT2D eigenvalue weighted by Gasteiger charge is 2.31. The second-order valence-electron chi connectivity index (χ2n) is 3.01. The van der Waals surface area contributed by atoms with Gasteiger partial charge in [0, 0.05) is 0 Å². The van der Waals surface area contributed by atoms with E-state index in [0.717, 1.165) is 0 Å². The molecule has 0 amide bonds. The van der Waals surface area contributed by atoms with Crippen molar-refractivity contribution in [2.75, 3.05) is 13.2 Å². The Morgan fingerprint density at radius 1 is 1.31 bits per heavy atom. The van der Waals surface area contributed by atoms with E-state index in [1.54, 1.807) is 13.8 Å². The summed E-state index contributed by atoms with van der Waals surface area (Å²) in [6, 6.07) is 0. The van der Waals surface area contributed by atoms with Crippen LogP contribution >= 0.6 is 27.5 Å². The smallest absolute Gasteiger partial charge is 0.344 e. The summed E-state index contributed by atoms with van der Waals surface area (Å²) in [5, 5.41) is 0. The molecule has 0 aromatic heterocycles. The summed E-state index contributed by atoms with van der Waals surface area (Å²) >= 11 is 8.91. The molecule has 1 unspecified atom stereocenters. The van der Waals surface area contributed by atoms with Gasteiger partial charge in [0.2, 0.25) is 0 Å². The number of alkyl halides is 1. The first kappa shape index (κ1) is 15.4. The SMILES string of the molecule is CCOC(=O)/C(Br)=C/C(C)(Cl)C(=O)OCC. The Balaban J connectivity index is 4.71. The van der Waals surface area contributed by atoms with E-state index in [9.17, 15) is 9.59 Å². The molecular formula is C10H14BrClO4. The third-order valence-corrected chi connectivity index (χ3v) is 2.36. The van der Waals surface area contributed by atoms with Crippen molar-refractivity contribution in [3.63, 3.8) is 0 Å². The Bertz CT molecular complexity index is 299. The highest BCUT2D eigenvalue weighted by Crippen LogP contribution is 2.23. The van der Waals surface area contributed by atoms with E-state index in [1.807, 2.05) is 0 Å². The summed E-state index contributed by atoms with van der Waals surface area (Å²) in [4.78, 5) is 21.3. The van der Waals surface area contributed by atoms with Gasteiger partial charge >= 0.3 is 11.9 Å². The monoisotopic (exact) mass is 312 g/mol. The van der Waals surface area contributed by atoms with Gasteiger partial charge in [-0.2, -0.15) is 0 Å². The van der Waals surface area contributed by atoms with E-state index < -0.39 is 16.8 Å². The lowest BCUT2D eigenvalue weighted by atomic mass is 10.1. The highest BCUT2D eigenvalue weighted by molar-refractivity contribution is 9.12. The van der Waals surface area contributed by atoms with Gasteiger partial charge in [-0.25, -0.2) is 9.59 Å². The molecule has 6 heteroatoms. The van der Waals surface area contributed by atoms with Gasteiger partial charge in [0.25, 0.3) is 0 Å². The third kappa shape index (κ3) is 4.99. The number of hydrogen-bond acceptors (Lipinski definition) is 4. The second-order valence-corrected chi connectivity index (χ2v) is 4.65. The molecule has 0 aromatic rings. The van der Waals surface area contributed by atoms with Crippen molar-refractivity contribution < 1.29 is 19.1 Å². The van der Waals surface area contributed by atoms with Crippen LogP contribution in [0.15, 0.2) is 10.6 Å². The first-order valence-electron chi connectivity index (χ1n) is 4.76. The standard InChI is InChI=1S/C10H14BrClO4/c1-4-15-8(13)7(11)6-10(3,12)9(14)16-5-2/h6H,4-5H2,1-3H3/b7-6-. The van der Waals surface area contributed by atoms with Gasteiger partial charge in [-0.15, -0.1) is 11.6 Å². The zero-order valence-corrected chi connectivity index (χ0v) is 11.7. The van der Waals surface area contributed by atoms with Crippen LogP contribution in [0.1, 0.15) is 20.8 Å². The van der Waals surface area contributed by atoms with Crippen molar-refractivity contribution >= 4 is 39.5 Å². The Kier molecular flexibility index (Phi) is 6.67. The minimum atomic E-state index is -1.39. The summed E-state index contributed by atoms with van der Waals surface area (Å²) < 4.78 is 9.58. The van der Waals surface area contributed by atoms with E-state index in [1.165, 1.54) is 13.0 Å². The van der Waals surface area contributed by atoms with Crippen molar-refractivity contribution in [1.29, 1.82) is 0 Å². The predicted octanol–water partition coefficient (Wildman–Crippen LogP) is 2.39. The van der Waals surface area contributed by atoms with Crippen LogP contribution in [0.4, 0.5) is 0 Å². The predicted molar refractivity (Wildman–Crippen MR) is 64.5 cm³/mol. The molecule has 0 rings (SSSR count). The van der Waals surface area contributed by atoms with Gasteiger partial charge in [-0.1, -0.05) is 0 Å². The Morgan fingerprint density at radius 3 is 2.25 bits per heavy atom. The molecule has 0 aliphatic rings. The molecule has 4 nitrogen and oxygen atoms in total. The molecule has 0 fully saturated rings. The molecular weight excluding hydrogens is 299 g/mol. The molecule has 1 atom stereocenters. The van der Waals surface area contributed by atoms with Crippen molar-refractivity contribution in [2.24, 2.45) is 0 Å².